The van der Waals surface area contributed by atoms with Crippen molar-refractivity contribution in [2.45, 2.75) is 32.6 Å². The summed E-state index contributed by atoms with van der Waals surface area (Å²) in [6.07, 6.45) is 1.50. The van der Waals surface area contributed by atoms with Crippen molar-refractivity contribution in [2.75, 3.05) is 12.3 Å². The molecule has 1 aromatic carbocycles. The molecule has 0 heterocycles. The fourth-order valence-corrected chi connectivity index (χ4v) is 2.31. The maximum absolute atomic E-state index is 8.85. The Hall–Kier alpha value is -0.800. The van der Waals surface area contributed by atoms with Gasteiger partial charge in [0.05, 0.1) is 0 Å². The summed E-state index contributed by atoms with van der Waals surface area (Å²) in [6.45, 7) is 8.48. The third kappa shape index (κ3) is 3.58. The summed E-state index contributed by atoms with van der Waals surface area (Å²) in [7, 11) is 0. The molecular weight excluding hydrogens is 278 g/mol. The molecule has 3 N–H and O–H groups in total. The maximum atomic E-state index is 8.85. The predicted molar refractivity (Wildman–Crippen MR) is 78.0 cm³/mol. The van der Waals surface area contributed by atoms with Crippen molar-refractivity contribution in [1.29, 1.82) is 0 Å². The van der Waals surface area contributed by atoms with Gasteiger partial charge in [0.2, 0.25) is 0 Å². The lowest BCUT2D eigenvalue weighted by molar-refractivity contribution is 0.290. The monoisotopic (exact) mass is 297 g/mol. The number of halogens is 1. The Kier molecular flexibility index (Phi) is 5.22. The highest BCUT2D eigenvalue weighted by molar-refractivity contribution is 9.10. The standard InChI is InChI=1S/C14H20BrNO/c1-9(2)12-7-11(15)8-13(14(12)16)10(3)5-4-6-17/h7-9,17H,3-6,16H2,1-2H3. The average Bonchev–Trinajstić information content (AvgIpc) is 2.28. The maximum Gasteiger partial charge on any atom is 0.0434 e. The minimum absolute atomic E-state index is 0.184. The second kappa shape index (κ2) is 6.22. The molecular formula is C14H20BrNO. The second-order valence-electron chi connectivity index (χ2n) is 4.54. The lowest BCUT2D eigenvalue weighted by Crippen LogP contribution is -2.01. The van der Waals surface area contributed by atoms with Gasteiger partial charge < -0.3 is 10.8 Å². The van der Waals surface area contributed by atoms with Crippen molar-refractivity contribution in [3.05, 3.63) is 34.3 Å². The lowest BCUT2D eigenvalue weighted by atomic mass is 9.93. The molecule has 0 aliphatic heterocycles. The first-order valence-electron chi connectivity index (χ1n) is 5.85. The number of hydrogen-bond acceptors (Lipinski definition) is 2. The lowest BCUT2D eigenvalue weighted by Gasteiger charge is -2.16. The zero-order valence-electron chi connectivity index (χ0n) is 10.5. The first-order chi connectivity index (χ1) is 7.97. The Labute approximate surface area is 112 Å². The quantitative estimate of drug-likeness (QED) is 0.809. The Morgan fingerprint density at radius 1 is 1.47 bits per heavy atom. The van der Waals surface area contributed by atoms with E-state index < -0.39 is 0 Å². The van der Waals surface area contributed by atoms with Gasteiger partial charge in [0.1, 0.15) is 0 Å². The van der Waals surface area contributed by atoms with Crippen molar-refractivity contribution in [3.63, 3.8) is 0 Å². The van der Waals surface area contributed by atoms with Gasteiger partial charge in [0, 0.05) is 22.3 Å². The molecule has 1 aromatic rings. The fourth-order valence-electron chi connectivity index (χ4n) is 1.84. The molecule has 0 unspecified atom stereocenters. The van der Waals surface area contributed by atoms with Crippen LogP contribution in [0.2, 0.25) is 0 Å². The van der Waals surface area contributed by atoms with E-state index in [4.69, 9.17) is 10.8 Å². The minimum Gasteiger partial charge on any atom is -0.398 e. The third-order valence-electron chi connectivity index (χ3n) is 2.82. The molecule has 1 rings (SSSR count). The summed E-state index contributed by atoms with van der Waals surface area (Å²) in [5.41, 5.74) is 10.1. The van der Waals surface area contributed by atoms with Crippen LogP contribution in [0.3, 0.4) is 0 Å². The van der Waals surface area contributed by atoms with Gasteiger partial charge in [-0.1, -0.05) is 36.4 Å². The average molecular weight is 298 g/mol. The molecule has 0 aliphatic carbocycles. The van der Waals surface area contributed by atoms with E-state index in [1.54, 1.807) is 0 Å². The minimum atomic E-state index is 0.184. The molecule has 0 saturated carbocycles. The van der Waals surface area contributed by atoms with Gasteiger partial charge in [-0.05, 0) is 42.0 Å². The Morgan fingerprint density at radius 2 is 2.12 bits per heavy atom. The van der Waals surface area contributed by atoms with Crippen molar-refractivity contribution in [2.24, 2.45) is 0 Å². The Morgan fingerprint density at radius 3 is 2.65 bits per heavy atom. The van der Waals surface area contributed by atoms with Gasteiger partial charge in [-0.15, -0.1) is 0 Å². The van der Waals surface area contributed by atoms with E-state index in [2.05, 4.69) is 42.4 Å². The SMILES string of the molecule is C=C(CCCO)c1cc(Br)cc(C(C)C)c1N. The van der Waals surface area contributed by atoms with Gasteiger partial charge in [-0.3, -0.25) is 0 Å². The molecule has 0 bridgehead atoms. The predicted octanol–water partition coefficient (Wildman–Crippen LogP) is 3.94. The fraction of sp³-hybridized carbons (Fsp3) is 0.429. The number of anilines is 1. The first kappa shape index (κ1) is 14.3. The Balaban J connectivity index is 3.11. The molecule has 0 fully saturated rings. The van der Waals surface area contributed by atoms with Gasteiger partial charge in [0.25, 0.3) is 0 Å². The molecule has 2 nitrogen and oxygen atoms in total. The van der Waals surface area contributed by atoms with Crippen molar-refractivity contribution in [1.82, 2.24) is 0 Å². The molecule has 0 saturated heterocycles. The highest BCUT2D eigenvalue weighted by atomic mass is 79.9. The summed E-state index contributed by atoms with van der Waals surface area (Å²) < 4.78 is 1.02. The van der Waals surface area contributed by atoms with Crippen LogP contribution in [0.5, 0.6) is 0 Å². The summed E-state index contributed by atoms with van der Waals surface area (Å²) in [6, 6.07) is 4.06. The van der Waals surface area contributed by atoms with Crippen LogP contribution in [-0.4, -0.2) is 11.7 Å². The molecule has 0 atom stereocenters. The van der Waals surface area contributed by atoms with Crippen LogP contribution in [-0.2, 0) is 0 Å². The zero-order valence-corrected chi connectivity index (χ0v) is 12.0. The Bertz CT molecular complexity index is 413. The van der Waals surface area contributed by atoms with Crippen LogP contribution < -0.4 is 5.73 Å². The molecule has 0 aromatic heterocycles. The van der Waals surface area contributed by atoms with E-state index in [0.29, 0.717) is 5.92 Å². The van der Waals surface area contributed by atoms with Crippen molar-refractivity contribution < 1.29 is 5.11 Å². The molecule has 94 valence electrons. The smallest absolute Gasteiger partial charge is 0.0434 e. The van der Waals surface area contributed by atoms with E-state index in [-0.39, 0.29) is 6.61 Å². The van der Waals surface area contributed by atoms with E-state index in [0.717, 1.165) is 39.7 Å². The number of hydrogen-bond donors (Lipinski definition) is 2. The number of allylic oxidation sites excluding steroid dienone is 1. The second-order valence-corrected chi connectivity index (χ2v) is 5.46. The van der Waals surface area contributed by atoms with Gasteiger partial charge in [-0.25, -0.2) is 0 Å². The van der Waals surface area contributed by atoms with Gasteiger partial charge in [0.15, 0.2) is 0 Å². The van der Waals surface area contributed by atoms with Crippen molar-refractivity contribution >= 4 is 27.2 Å². The van der Waals surface area contributed by atoms with Crippen LogP contribution in [0.25, 0.3) is 5.57 Å². The van der Waals surface area contributed by atoms with Crippen molar-refractivity contribution in [3.8, 4) is 0 Å². The van der Waals surface area contributed by atoms with Gasteiger partial charge >= 0.3 is 0 Å². The number of nitrogen functional groups attached to an aromatic ring is 1. The molecule has 17 heavy (non-hydrogen) atoms. The number of rotatable bonds is 5. The molecule has 0 amide bonds. The van der Waals surface area contributed by atoms with Crippen LogP contribution in [0.1, 0.15) is 43.7 Å². The third-order valence-corrected chi connectivity index (χ3v) is 3.27. The molecule has 0 spiro atoms. The first-order valence-corrected chi connectivity index (χ1v) is 6.64. The highest BCUT2D eigenvalue weighted by Gasteiger charge is 2.12. The van der Waals surface area contributed by atoms with Crippen LogP contribution in [0.15, 0.2) is 23.2 Å². The summed E-state index contributed by atoms with van der Waals surface area (Å²) in [5.74, 6) is 0.386. The number of benzene rings is 1. The van der Waals surface area contributed by atoms with Gasteiger partial charge in [-0.2, -0.15) is 0 Å². The summed E-state index contributed by atoms with van der Waals surface area (Å²) in [4.78, 5) is 0. The largest absolute Gasteiger partial charge is 0.398 e. The molecule has 0 radical (unpaired) electrons. The van der Waals surface area contributed by atoms with E-state index in [9.17, 15) is 0 Å². The van der Waals surface area contributed by atoms with Crippen LogP contribution >= 0.6 is 15.9 Å². The molecule has 3 heteroatoms. The summed E-state index contributed by atoms with van der Waals surface area (Å²) >= 11 is 3.51. The highest BCUT2D eigenvalue weighted by Crippen LogP contribution is 2.34. The number of aliphatic hydroxyl groups excluding tert-OH is 1. The van der Waals surface area contributed by atoms with Crippen LogP contribution in [0, 0.1) is 0 Å². The molecule has 0 aliphatic rings. The van der Waals surface area contributed by atoms with Crippen LogP contribution in [0.4, 0.5) is 5.69 Å². The summed E-state index contributed by atoms with van der Waals surface area (Å²) in [5, 5.41) is 8.85. The number of aliphatic hydroxyl groups is 1. The van der Waals surface area contributed by atoms with E-state index in [1.165, 1.54) is 0 Å². The normalized spacial score (nSPS) is 10.9. The zero-order chi connectivity index (χ0) is 13.0. The topological polar surface area (TPSA) is 46.2 Å². The van der Waals surface area contributed by atoms with E-state index >= 15 is 0 Å². The van der Waals surface area contributed by atoms with E-state index in [1.807, 2.05) is 6.07 Å². The number of nitrogens with two attached hydrogens (primary N) is 1.